The number of rotatable bonds is 3. The molecule has 0 saturated heterocycles. The fraction of sp³-hybridized carbons (Fsp3) is 0.267. The van der Waals surface area contributed by atoms with Crippen molar-refractivity contribution in [3.8, 4) is 0 Å². The summed E-state index contributed by atoms with van der Waals surface area (Å²) in [4.78, 5) is 12.3. The van der Waals surface area contributed by atoms with Gasteiger partial charge in [-0.2, -0.15) is 0 Å². The number of fused-ring (bicyclic) bond motifs is 1. The average Bonchev–Trinajstić information content (AvgIpc) is 3.06. The van der Waals surface area contributed by atoms with Crippen LogP contribution in [0.5, 0.6) is 0 Å². The lowest BCUT2D eigenvalue weighted by Crippen LogP contribution is -2.11. The molecule has 6 heteroatoms. The molecule has 0 spiro atoms. The molecule has 0 aliphatic carbocycles. The normalized spacial score (nSPS) is 11.2. The number of aryl methyl sites for hydroxylation is 1. The van der Waals surface area contributed by atoms with Crippen molar-refractivity contribution < 1.29 is 4.79 Å². The first-order valence-electron chi connectivity index (χ1n) is 6.74. The van der Waals surface area contributed by atoms with Gasteiger partial charge in [0, 0.05) is 30.2 Å². The van der Waals surface area contributed by atoms with Crippen LogP contribution in [0, 0.1) is 0 Å². The van der Waals surface area contributed by atoms with Crippen molar-refractivity contribution in [1.82, 2.24) is 14.8 Å². The minimum atomic E-state index is -0.162. The van der Waals surface area contributed by atoms with E-state index in [1.165, 1.54) is 11.3 Å². The molecule has 3 aromatic rings. The highest BCUT2D eigenvalue weighted by Crippen LogP contribution is 2.23. The Morgan fingerprint density at radius 1 is 1.29 bits per heavy atom. The average molecular weight is 300 g/mol. The molecule has 0 bridgehead atoms. The summed E-state index contributed by atoms with van der Waals surface area (Å²) >= 11 is 1.41. The molecule has 0 atom stereocenters. The van der Waals surface area contributed by atoms with Crippen LogP contribution >= 0.6 is 11.3 Å². The summed E-state index contributed by atoms with van der Waals surface area (Å²) in [6.45, 7) is 4.10. The lowest BCUT2D eigenvalue weighted by atomic mass is 10.1. The summed E-state index contributed by atoms with van der Waals surface area (Å²) in [7, 11) is 1.96. The van der Waals surface area contributed by atoms with Crippen LogP contribution in [0.1, 0.15) is 35.1 Å². The van der Waals surface area contributed by atoms with Gasteiger partial charge in [-0.3, -0.25) is 10.1 Å². The Bertz CT molecular complexity index is 803. The Morgan fingerprint density at radius 3 is 2.81 bits per heavy atom. The molecule has 1 aromatic carbocycles. The van der Waals surface area contributed by atoms with E-state index >= 15 is 0 Å². The van der Waals surface area contributed by atoms with Gasteiger partial charge in [0.1, 0.15) is 5.01 Å². The number of nitrogens with zero attached hydrogens (tertiary/aromatic N) is 3. The van der Waals surface area contributed by atoms with E-state index in [0.717, 1.165) is 15.9 Å². The van der Waals surface area contributed by atoms with E-state index in [4.69, 9.17) is 0 Å². The van der Waals surface area contributed by atoms with Gasteiger partial charge in [0.25, 0.3) is 5.91 Å². The van der Waals surface area contributed by atoms with Crippen molar-refractivity contribution in [2.75, 3.05) is 5.32 Å². The zero-order valence-corrected chi connectivity index (χ0v) is 12.9. The number of benzene rings is 1. The van der Waals surface area contributed by atoms with E-state index in [-0.39, 0.29) is 5.91 Å². The van der Waals surface area contributed by atoms with Crippen molar-refractivity contribution in [2.24, 2.45) is 7.05 Å². The third-order valence-corrected chi connectivity index (χ3v) is 4.44. The Morgan fingerprint density at radius 2 is 2.10 bits per heavy atom. The highest BCUT2D eigenvalue weighted by atomic mass is 32.1. The van der Waals surface area contributed by atoms with Crippen LogP contribution in [0.15, 0.2) is 30.5 Å². The quantitative estimate of drug-likeness (QED) is 0.806. The van der Waals surface area contributed by atoms with Crippen LogP contribution < -0.4 is 5.32 Å². The molecule has 1 N–H and O–H groups in total. The van der Waals surface area contributed by atoms with Gasteiger partial charge < -0.3 is 4.57 Å². The number of carbonyl (C=O) groups is 1. The summed E-state index contributed by atoms with van der Waals surface area (Å²) < 4.78 is 1.99. The summed E-state index contributed by atoms with van der Waals surface area (Å²) in [5.74, 6) is 0.150. The number of anilines is 1. The van der Waals surface area contributed by atoms with Gasteiger partial charge in [0.05, 0.1) is 0 Å². The first-order chi connectivity index (χ1) is 10.0. The van der Waals surface area contributed by atoms with Crippen molar-refractivity contribution in [1.29, 1.82) is 0 Å². The molecule has 0 saturated carbocycles. The predicted octanol–water partition coefficient (Wildman–Crippen LogP) is 3.41. The smallest absolute Gasteiger partial charge is 0.257 e. The molecule has 3 rings (SSSR count). The van der Waals surface area contributed by atoms with Crippen LogP contribution in [-0.4, -0.2) is 20.7 Å². The second kappa shape index (κ2) is 5.29. The zero-order valence-electron chi connectivity index (χ0n) is 12.1. The van der Waals surface area contributed by atoms with Gasteiger partial charge in [-0.1, -0.05) is 31.3 Å². The summed E-state index contributed by atoms with van der Waals surface area (Å²) in [5, 5.41) is 13.5. The molecule has 5 nitrogen and oxygen atoms in total. The van der Waals surface area contributed by atoms with Crippen LogP contribution in [-0.2, 0) is 7.05 Å². The van der Waals surface area contributed by atoms with Gasteiger partial charge >= 0.3 is 0 Å². The number of amides is 1. The SMILES string of the molecule is CC(C)c1nnc(NC(=O)c2ccc3ccn(C)c3c2)s1. The standard InChI is InChI=1S/C15H16N4OS/c1-9(2)14-17-18-15(21-14)16-13(20)11-5-4-10-6-7-19(3)12(10)8-11/h4-9H,1-3H3,(H,16,18,20). The molecule has 0 aliphatic heterocycles. The summed E-state index contributed by atoms with van der Waals surface area (Å²) in [6.07, 6.45) is 1.98. The molecule has 0 fully saturated rings. The molecule has 1 amide bonds. The molecule has 2 aromatic heterocycles. The van der Waals surface area contributed by atoms with Gasteiger partial charge in [-0.05, 0) is 23.6 Å². The van der Waals surface area contributed by atoms with Crippen molar-refractivity contribution in [2.45, 2.75) is 19.8 Å². The Kier molecular flexibility index (Phi) is 3.47. The maximum absolute atomic E-state index is 12.3. The molecule has 0 radical (unpaired) electrons. The summed E-state index contributed by atoms with van der Waals surface area (Å²) in [5.41, 5.74) is 1.65. The van der Waals surface area contributed by atoms with Crippen LogP contribution in [0.25, 0.3) is 10.9 Å². The number of hydrogen-bond acceptors (Lipinski definition) is 4. The van der Waals surface area contributed by atoms with E-state index in [9.17, 15) is 4.79 Å². The fourth-order valence-corrected chi connectivity index (χ4v) is 2.83. The van der Waals surface area contributed by atoms with E-state index in [2.05, 4.69) is 29.4 Å². The topological polar surface area (TPSA) is 59.8 Å². The largest absolute Gasteiger partial charge is 0.351 e. The van der Waals surface area contributed by atoms with Crippen molar-refractivity contribution >= 4 is 33.3 Å². The maximum atomic E-state index is 12.3. The zero-order chi connectivity index (χ0) is 15.0. The molecule has 2 heterocycles. The number of carbonyl (C=O) groups excluding carboxylic acids is 1. The summed E-state index contributed by atoms with van der Waals surface area (Å²) in [6, 6.07) is 7.68. The lowest BCUT2D eigenvalue weighted by molar-refractivity contribution is 0.102. The van der Waals surface area contributed by atoms with E-state index in [1.807, 2.05) is 42.1 Å². The van der Waals surface area contributed by atoms with E-state index < -0.39 is 0 Å². The van der Waals surface area contributed by atoms with Crippen LogP contribution in [0.3, 0.4) is 0 Å². The van der Waals surface area contributed by atoms with E-state index in [1.54, 1.807) is 0 Å². The fourth-order valence-electron chi connectivity index (χ4n) is 2.09. The number of hydrogen-bond donors (Lipinski definition) is 1. The Labute approximate surface area is 126 Å². The van der Waals surface area contributed by atoms with Crippen LogP contribution in [0.2, 0.25) is 0 Å². The van der Waals surface area contributed by atoms with Crippen molar-refractivity contribution in [3.05, 3.63) is 41.0 Å². The first kappa shape index (κ1) is 13.8. The Balaban J connectivity index is 1.84. The number of aromatic nitrogens is 3. The predicted molar refractivity (Wildman–Crippen MR) is 84.9 cm³/mol. The molecule has 21 heavy (non-hydrogen) atoms. The minimum absolute atomic E-state index is 0.162. The van der Waals surface area contributed by atoms with Gasteiger partial charge in [0.15, 0.2) is 0 Å². The second-order valence-corrected chi connectivity index (χ2v) is 6.26. The molecule has 108 valence electrons. The monoisotopic (exact) mass is 300 g/mol. The molecular formula is C15H16N4OS. The van der Waals surface area contributed by atoms with Gasteiger partial charge in [-0.25, -0.2) is 0 Å². The van der Waals surface area contributed by atoms with Crippen LogP contribution in [0.4, 0.5) is 5.13 Å². The highest BCUT2D eigenvalue weighted by molar-refractivity contribution is 7.15. The van der Waals surface area contributed by atoms with Gasteiger partial charge in [0.2, 0.25) is 5.13 Å². The first-order valence-corrected chi connectivity index (χ1v) is 7.56. The minimum Gasteiger partial charge on any atom is -0.351 e. The maximum Gasteiger partial charge on any atom is 0.257 e. The van der Waals surface area contributed by atoms with Crippen molar-refractivity contribution in [3.63, 3.8) is 0 Å². The van der Waals surface area contributed by atoms with E-state index in [0.29, 0.717) is 16.6 Å². The molecule has 0 aliphatic rings. The Hall–Kier alpha value is -2.21. The third-order valence-electron chi connectivity index (χ3n) is 3.31. The molecule has 0 unspecified atom stereocenters. The lowest BCUT2D eigenvalue weighted by Gasteiger charge is -2.03. The van der Waals surface area contributed by atoms with Gasteiger partial charge in [-0.15, -0.1) is 10.2 Å². The third kappa shape index (κ3) is 2.67. The highest BCUT2D eigenvalue weighted by Gasteiger charge is 2.12. The molecular weight excluding hydrogens is 284 g/mol. The second-order valence-electron chi connectivity index (χ2n) is 5.25. The number of nitrogens with one attached hydrogen (secondary N) is 1.